The number of anilines is 1. The number of benzene rings is 1. The van der Waals surface area contributed by atoms with E-state index in [0.717, 1.165) is 11.1 Å². The molecule has 1 fully saturated rings. The molecule has 1 N–H and O–H groups in total. The number of aromatic nitrogens is 1. The first kappa shape index (κ1) is 16.0. The van der Waals surface area contributed by atoms with Gasteiger partial charge >= 0.3 is 5.97 Å². The third-order valence-corrected chi connectivity index (χ3v) is 4.92. The molecule has 0 unspecified atom stereocenters. The van der Waals surface area contributed by atoms with Crippen LogP contribution < -0.4 is 4.90 Å². The van der Waals surface area contributed by atoms with Gasteiger partial charge in [0.05, 0.1) is 12.1 Å². The molecule has 0 radical (unpaired) electrons. The van der Waals surface area contributed by atoms with Crippen molar-refractivity contribution in [2.75, 3.05) is 11.4 Å². The van der Waals surface area contributed by atoms with Gasteiger partial charge in [-0.15, -0.1) is 0 Å². The number of rotatable bonds is 2. The van der Waals surface area contributed by atoms with Gasteiger partial charge in [0.25, 0.3) is 0 Å². The number of carbonyl (C=O) groups is 1. The van der Waals surface area contributed by atoms with E-state index < -0.39 is 17.7 Å². The topological polar surface area (TPSA) is 62.7 Å². The van der Waals surface area contributed by atoms with Gasteiger partial charge in [0.15, 0.2) is 0 Å². The summed E-state index contributed by atoms with van der Waals surface area (Å²) in [5.74, 6) is -0.257. The van der Waals surface area contributed by atoms with E-state index in [1.807, 2.05) is 24.8 Å². The Kier molecular flexibility index (Phi) is 3.54. The summed E-state index contributed by atoms with van der Waals surface area (Å²) >= 11 is 0. The van der Waals surface area contributed by atoms with Crippen molar-refractivity contribution in [1.82, 2.24) is 4.98 Å². The molecule has 6 heteroatoms. The first-order valence-corrected chi connectivity index (χ1v) is 8.30. The van der Waals surface area contributed by atoms with E-state index in [4.69, 9.17) is 4.74 Å². The number of aliphatic hydroxyl groups excluding tert-OH is 1. The Bertz CT molecular complexity index is 852. The lowest BCUT2D eigenvalue weighted by Gasteiger charge is -2.27. The SMILES string of the molecule is CC1(C)OC(=O)c2c1ccnc2N1C[C@@H](O)C[C@H]1c1cccc(F)c1. The second-order valence-electron chi connectivity index (χ2n) is 7.07. The lowest BCUT2D eigenvalue weighted by molar-refractivity contribution is 0.00956. The number of β-amino-alcohol motifs (C(OH)–C–C–N with tert-alkyl or cyclic N) is 1. The van der Waals surface area contributed by atoms with E-state index in [9.17, 15) is 14.3 Å². The highest BCUT2D eigenvalue weighted by Gasteiger charge is 2.43. The van der Waals surface area contributed by atoms with Crippen molar-refractivity contribution in [3.05, 3.63) is 59.0 Å². The number of aliphatic hydroxyl groups is 1. The van der Waals surface area contributed by atoms with Crippen LogP contribution in [-0.2, 0) is 10.3 Å². The molecule has 1 aromatic carbocycles. The zero-order chi connectivity index (χ0) is 17.8. The largest absolute Gasteiger partial charge is 0.451 e. The van der Waals surface area contributed by atoms with E-state index in [2.05, 4.69) is 4.98 Å². The molecule has 0 saturated carbocycles. The highest BCUT2D eigenvalue weighted by molar-refractivity contribution is 5.99. The number of carbonyl (C=O) groups excluding carboxylic acids is 1. The maximum Gasteiger partial charge on any atom is 0.343 e. The Morgan fingerprint density at radius 3 is 2.92 bits per heavy atom. The van der Waals surface area contributed by atoms with E-state index in [0.29, 0.717) is 24.3 Å². The van der Waals surface area contributed by atoms with Gasteiger partial charge in [0.2, 0.25) is 0 Å². The lowest BCUT2D eigenvalue weighted by atomic mass is 9.96. The second kappa shape index (κ2) is 5.52. The van der Waals surface area contributed by atoms with Gasteiger partial charge in [0.1, 0.15) is 22.8 Å². The minimum absolute atomic E-state index is 0.249. The van der Waals surface area contributed by atoms with Crippen molar-refractivity contribution in [1.29, 1.82) is 0 Å². The number of hydrogen-bond donors (Lipinski definition) is 1. The number of nitrogens with zero attached hydrogens (tertiary/aromatic N) is 2. The molecule has 4 rings (SSSR count). The molecule has 2 aliphatic heterocycles. The molecule has 130 valence electrons. The lowest BCUT2D eigenvalue weighted by Crippen LogP contribution is -2.27. The molecule has 2 aromatic rings. The Balaban J connectivity index is 1.82. The fourth-order valence-corrected chi connectivity index (χ4v) is 3.79. The zero-order valence-corrected chi connectivity index (χ0v) is 14.1. The van der Waals surface area contributed by atoms with Crippen LogP contribution in [0.3, 0.4) is 0 Å². The minimum Gasteiger partial charge on any atom is -0.451 e. The van der Waals surface area contributed by atoms with Crippen molar-refractivity contribution in [2.24, 2.45) is 0 Å². The Morgan fingerprint density at radius 2 is 2.16 bits per heavy atom. The van der Waals surface area contributed by atoms with E-state index in [1.165, 1.54) is 12.1 Å². The molecular weight excluding hydrogens is 323 g/mol. The molecular formula is C19H19FN2O3. The van der Waals surface area contributed by atoms with Gasteiger partial charge < -0.3 is 14.7 Å². The average Bonchev–Trinajstić information content (AvgIpc) is 3.05. The fourth-order valence-electron chi connectivity index (χ4n) is 3.79. The van der Waals surface area contributed by atoms with E-state index in [1.54, 1.807) is 18.3 Å². The van der Waals surface area contributed by atoms with Crippen LogP contribution in [0.15, 0.2) is 36.5 Å². The van der Waals surface area contributed by atoms with Crippen LogP contribution in [0.2, 0.25) is 0 Å². The van der Waals surface area contributed by atoms with Crippen molar-refractivity contribution >= 4 is 11.8 Å². The zero-order valence-electron chi connectivity index (χ0n) is 14.1. The van der Waals surface area contributed by atoms with Crippen molar-refractivity contribution in [3.63, 3.8) is 0 Å². The molecule has 0 bridgehead atoms. The summed E-state index contributed by atoms with van der Waals surface area (Å²) in [5, 5.41) is 10.2. The molecule has 3 heterocycles. The smallest absolute Gasteiger partial charge is 0.343 e. The molecule has 0 aliphatic carbocycles. The van der Waals surface area contributed by atoms with Gasteiger partial charge in [-0.25, -0.2) is 14.2 Å². The monoisotopic (exact) mass is 342 g/mol. The van der Waals surface area contributed by atoms with Crippen LogP contribution in [-0.4, -0.2) is 28.7 Å². The van der Waals surface area contributed by atoms with Crippen LogP contribution in [0.25, 0.3) is 0 Å². The number of hydrogen-bond acceptors (Lipinski definition) is 5. The minimum atomic E-state index is -0.712. The number of pyridine rings is 1. The summed E-state index contributed by atoms with van der Waals surface area (Å²) in [7, 11) is 0. The first-order chi connectivity index (χ1) is 11.9. The summed E-state index contributed by atoms with van der Waals surface area (Å²) in [5.41, 5.74) is 1.25. The van der Waals surface area contributed by atoms with E-state index in [-0.39, 0.29) is 11.9 Å². The average molecular weight is 342 g/mol. The Morgan fingerprint density at radius 1 is 1.36 bits per heavy atom. The predicted molar refractivity (Wildman–Crippen MR) is 89.8 cm³/mol. The molecule has 5 nitrogen and oxygen atoms in total. The first-order valence-electron chi connectivity index (χ1n) is 8.30. The van der Waals surface area contributed by atoms with Gasteiger partial charge in [-0.05, 0) is 44.0 Å². The van der Waals surface area contributed by atoms with Crippen LogP contribution in [0.1, 0.15) is 47.8 Å². The van der Waals surface area contributed by atoms with Crippen LogP contribution >= 0.6 is 0 Å². The van der Waals surface area contributed by atoms with Crippen molar-refractivity contribution in [3.8, 4) is 0 Å². The number of cyclic esters (lactones) is 1. The van der Waals surface area contributed by atoms with Crippen LogP contribution in [0.4, 0.5) is 10.2 Å². The predicted octanol–water partition coefficient (Wildman–Crippen LogP) is 2.94. The highest BCUT2D eigenvalue weighted by Crippen LogP contribution is 2.43. The second-order valence-corrected chi connectivity index (χ2v) is 7.07. The Labute approximate surface area is 145 Å². The number of ether oxygens (including phenoxy) is 1. The standard InChI is InChI=1S/C19H19FN2O3/c1-19(2)14-6-7-21-17(16(14)18(24)25-19)22-10-13(23)9-15(22)11-4-3-5-12(20)8-11/h3-8,13,15,23H,9-10H2,1-2H3/t13-,15-/m0/s1. The molecule has 2 aliphatic rings. The summed E-state index contributed by atoms with van der Waals surface area (Å²) < 4.78 is 19.1. The summed E-state index contributed by atoms with van der Waals surface area (Å²) in [6.45, 7) is 4.01. The van der Waals surface area contributed by atoms with Crippen molar-refractivity contribution in [2.45, 2.75) is 38.0 Å². The quantitative estimate of drug-likeness (QED) is 0.850. The van der Waals surface area contributed by atoms with Gasteiger partial charge in [-0.3, -0.25) is 0 Å². The van der Waals surface area contributed by atoms with Gasteiger partial charge in [0, 0.05) is 18.3 Å². The molecule has 1 saturated heterocycles. The highest BCUT2D eigenvalue weighted by atomic mass is 19.1. The summed E-state index contributed by atoms with van der Waals surface area (Å²) in [6, 6.07) is 7.85. The van der Waals surface area contributed by atoms with Crippen molar-refractivity contribution < 1.29 is 19.0 Å². The summed E-state index contributed by atoms with van der Waals surface area (Å²) in [4.78, 5) is 18.7. The number of fused-ring (bicyclic) bond motifs is 1. The molecule has 25 heavy (non-hydrogen) atoms. The maximum atomic E-state index is 13.7. The normalized spacial score (nSPS) is 24.3. The Hall–Kier alpha value is -2.47. The molecule has 0 amide bonds. The number of esters is 1. The fraction of sp³-hybridized carbons (Fsp3) is 0.368. The number of halogens is 1. The molecule has 0 spiro atoms. The van der Waals surface area contributed by atoms with Crippen LogP contribution in [0, 0.1) is 5.82 Å². The molecule has 1 aromatic heterocycles. The summed E-state index contributed by atoms with van der Waals surface area (Å²) in [6.07, 6.45) is 1.52. The third-order valence-electron chi connectivity index (χ3n) is 4.92. The van der Waals surface area contributed by atoms with Crippen LogP contribution in [0.5, 0.6) is 0 Å². The molecule has 2 atom stereocenters. The van der Waals surface area contributed by atoms with E-state index >= 15 is 0 Å². The van der Waals surface area contributed by atoms with Gasteiger partial charge in [-0.1, -0.05) is 12.1 Å². The maximum absolute atomic E-state index is 13.7. The van der Waals surface area contributed by atoms with Gasteiger partial charge in [-0.2, -0.15) is 0 Å². The third kappa shape index (κ3) is 2.57.